The fourth-order valence-corrected chi connectivity index (χ4v) is 4.10. The quantitative estimate of drug-likeness (QED) is 0.771. The van der Waals surface area contributed by atoms with Gasteiger partial charge in [-0.3, -0.25) is 4.68 Å². The first-order chi connectivity index (χ1) is 10.1. The van der Waals surface area contributed by atoms with Crippen LogP contribution in [0.1, 0.15) is 33.1 Å². The number of nitrogens with one attached hydrogen (secondary N) is 1. The van der Waals surface area contributed by atoms with Crippen molar-refractivity contribution in [2.24, 2.45) is 5.92 Å². The van der Waals surface area contributed by atoms with Crippen LogP contribution in [-0.2, 0) is 16.6 Å². The molecule has 0 atom stereocenters. The molecule has 1 N–H and O–H groups in total. The molecule has 0 amide bonds. The summed E-state index contributed by atoms with van der Waals surface area (Å²) in [7, 11) is -3.37. The van der Waals surface area contributed by atoms with Crippen LogP contribution >= 0.6 is 0 Å². The highest BCUT2D eigenvalue weighted by Gasteiger charge is 2.29. The van der Waals surface area contributed by atoms with Gasteiger partial charge in [0.1, 0.15) is 4.90 Å². The van der Waals surface area contributed by atoms with Gasteiger partial charge in [0.2, 0.25) is 10.0 Å². The Balaban J connectivity index is 1.99. The molecule has 1 aromatic rings. The molecule has 1 saturated heterocycles. The topological polar surface area (TPSA) is 67.2 Å². The molecule has 21 heavy (non-hydrogen) atoms. The Kier molecular flexibility index (Phi) is 5.78. The third-order valence-electron chi connectivity index (χ3n) is 4.17. The van der Waals surface area contributed by atoms with Gasteiger partial charge < -0.3 is 5.32 Å². The van der Waals surface area contributed by atoms with Gasteiger partial charge in [-0.15, -0.1) is 0 Å². The minimum atomic E-state index is -3.37. The van der Waals surface area contributed by atoms with Crippen molar-refractivity contribution in [2.45, 2.75) is 44.6 Å². The lowest BCUT2D eigenvalue weighted by Crippen LogP contribution is -2.38. The Morgan fingerprint density at radius 1 is 1.33 bits per heavy atom. The van der Waals surface area contributed by atoms with E-state index in [9.17, 15) is 8.42 Å². The Hall–Kier alpha value is -0.920. The lowest BCUT2D eigenvalue weighted by atomic mass is 9.96. The van der Waals surface area contributed by atoms with Gasteiger partial charge in [0.25, 0.3) is 0 Å². The minimum Gasteiger partial charge on any atom is -0.315 e. The van der Waals surface area contributed by atoms with Crippen molar-refractivity contribution < 1.29 is 8.42 Å². The van der Waals surface area contributed by atoms with Crippen molar-refractivity contribution in [1.82, 2.24) is 19.4 Å². The molecule has 0 radical (unpaired) electrons. The molecule has 7 heteroatoms. The summed E-state index contributed by atoms with van der Waals surface area (Å²) in [5, 5.41) is 7.35. The second kappa shape index (κ2) is 7.38. The number of hydrogen-bond donors (Lipinski definition) is 1. The number of sulfonamides is 1. The fraction of sp³-hybridized carbons (Fsp3) is 0.786. The van der Waals surface area contributed by atoms with Crippen molar-refractivity contribution in [2.75, 3.05) is 26.2 Å². The van der Waals surface area contributed by atoms with Crippen LogP contribution in [0.5, 0.6) is 0 Å². The van der Waals surface area contributed by atoms with E-state index in [4.69, 9.17) is 0 Å². The van der Waals surface area contributed by atoms with Crippen LogP contribution in [0.4, 0.5) is 0 Å². The summed E-state index contributed by atoms with van der Waals surface area (Å²) >= 11 is 0. The van der Waals surface area contributed by atoms with E-state index >= 15 is 0 Å². The molecule has 0 aromatic carbocycles. The van der Waals surface area contributed by atoms with Gasteiger partial charge in [0, 0.05) is 25.8 Å². The summed E-state index contributed by atoms with van der Waals surface area (Å²) in [6.07, 6.45) is 6.16. The molecule has 0 aliphatic carbocycles. The predicted molar refractivity (Wildman–Crippen MR) is 82.5 cm³/mol. The highest BCUT2D eigenvalue weighted by Crippen LogP contribution is 2.25. The number of likely N-dealkylation sites (N-methyl/N-ethyl adjacent to an activating group) is 1. The Morgan fingerprint density at radius 2 is 2.05 bits per heavy atom. The lowest BCUT2D eigenvalue weighted by molar-refractivity contribution is 0.269. The van der Waals surface area contributed by atoms with Crippen molar-refractivity contribution in [3.05, 3.63) is 12.4 Å². The molecular formula is C14H26N4O2S. The van der Waals surface area contributed by atoms with E-state index in [2.05, 4.69) is 17.3 Å². The summed E-state index contributed by atoms with van der Waals surface area (Å²) in [6.45, 7) is 7.84. The van der Waals surface area contributed by atoms with E-state index in [1.807, 2.05) is 6.92 Å². The maximum Gasteiger partial charge on any atom is 0.246 e. The van der Waals surface area contributed by atoms with Gasteiger partial charge in [-0.1, -0.05) is 20.3 Å². The van der Waals surface area contributed by atoms with Gasteiger partial charge in [-0.05, 0) is 25.3 Å². The highest BCUT2D eigenvalue weighted by molar-refractivity contribution is 7.89. The first kappa shape index (κ1) is 16.5. The van der Waals surface area contributed by atoms with Crippen LogP contribution in [-0.4, -0.2) is 48.7 Å². The van der Waals surface area contributed by atoms with E-state index < -0.39 is 10.0 Å². The lowest BCUT2D eigenvalue weighted by Gasteiger charge is -2.30. The summed E-state index contributed by atoms with van der Waals surface area (Å²) in [4.78, 5) is 0.314. The third-order valence-corrected chi connectivity index (χ3v) is 6.02. The number of hydrogen-bond acceptors (Lipinski definition) is 4. The number of nitrogens with zero attached hydrogens (tertiary/aromatic N) is 3. The van der Waals surface area contributed by atoms with E-state index in [0.717, 1.165) is 32.4 Å². The van der Waals surface area contributed by atoms with Crippen LogP contribution in [0.3, 0.4) is 0 Å². The molecule has 120 valence electrons. The molecule has 2 heterocycles. The van der Waals surface area contributed by atoms with Gasteiger partial charge in [0.05, 0.1) is 12.7 Å². The number of piperidine rings is 1. The molecule has 1 aromatic heterocycles. The maximum absolute atomic E-state index is 12.6. The monoisotopic (exact) mass is 314 g/mol. The molecule has 1 fully saturated rings. The smallest absolute Gasteiger partial charge is 0.246 e. The van der Waals surface area contributed by atoms with Gasteiger partial charge in [-0.25, -0.2) is 8.42 Å². The predicted octanol–water partition coefficient (Wildman–Crippen LogP) is 1.30. The summed E-state index contributed by atoms with van der Waals surface area (Å²) < 4.78 is 28.5. The summed E-state index contributed by atoms with van der Waals surface area (Å²) in [6, 6.07) is 0. The van der Waals surface area contributed by atoms with Gasteiger partial charge in [-0.2, -0.15) is 9.40 Å². The van der Waals surface area contributed by atoms with Crippen LogP contribution in [0.15, 0.2) is 17.3 Å². The zero-order valence-electron chi connectivity index (χ0n) is 13.0. The summed E-state index contributed by atoms with van der Waals surface area (Å²) in [5.41, 5.74) is 0. The fourth-order valence-electron chi connectivity index (χ4n) is 2.68. The molecule has 0 bridgehead atoms. The normalized spacial score (nSPS) is 18.2. The molecule has 1 aliphatic heterocycles. The Bertz CT molecular complexity index is 533. The molecule has 1 aliphatic rings. The van der Waals surface area contributed by atoms with Crippen LogP contribution in [0.2, 0.25) is 0 Å². The number of rotatable bonds is 7. The SMILES string of the molecule is CCNCCn1cc(S(=O)(=O)N2CCC(CC)CC2)cn1. The Morgan fingerprint density at radius 3 is 2.67 bits per heavy atom. The number of aromatic nitrogens is 2. The minimum absolute atomic E-state index is 0.314. The van der Waals surface area contributed by atoms with Crippen LogP contribution < -0.4 is 5.32 Å². The molecule has 2 rings (SSSR count). The van der Waals surface area contributed by atoms with E-state index in [1.165, 1.54) is 6.20 Å². The average Bonchev–Trinajstić information content (AvgIpc) is 2.97. The van der Waals surface area contributed by atoms with E-state index in [0.29, 0.717) is 30.4 Å². The third kappa shape index (κ3) is 4.05. The van der Waals surface area contributed by atoms with Gasteiger partial charge in [0.15, 0.2) is 0 Å². The maximum atomic E-state index is 12.6. The van der Waals surface area contributed by atoms with E-state index in [-0.39, 0.29) is 0 Å². The largest absolute Gasteiger partial charge is 0.315 e. The van der Waals surface area contributed by atoms with Crippen LogP contribution in [0.25, 0.3) is 0 Å². The zero-order valence-corrected chi connectivity index (χ0v) is 13.8. The molecule has 6 nitrogen and oxygen atoms in total. The molecule has 0 spiro atoms. The second-order valence-electron chi connectivity index (χ2n) is 5.55. The molecule has 0 saturated carbocycles. The highest BCUT2D eigenvalue weighted by atomic mass is 32.2. The van der Waals surface area contributed by atoms with E-state index in [1.54, 1.807) is 15.2 Å². The second-order valence-corrected chi connectivity index (χ2v) is 7.49. The van der Waals surface area contributed by atoms with Crippen molar-refractivity contribution >= 4 is 10.0 Å². The van der Waals surface area contributed by atoms with Crippen LogP contribution in [0, 0.1) is 5.92 Å². The van der Waals surface area contributed by atoms with Crippen molar-refractivity contribution in [3.63, 3.8) is 0 Å². The molecular weight excluding hydrogens is 288 g/mol. The average molecular weight is 314 g/mol. The summed E-state index contributed by atoms with van der Waals surface area (Å²) in [5.74, 6) is 0.666. The van der Waals surface area contributed by atoms with Crippen molar-refractivity contribution in [1.29, 1.82) is 0 Å². The standard InChI is InChI=1S/C14H26N4O2S/c1-3-13-5-8-18(9-6-13)21(19,20)14-11-16-17(12-14)10-7-15-4-2/h11-13,15H,3-10H2,1-2H3. The Labute approximate surface area is 127 Å². The first-order valence-corrected chi connectivity index (χ1v) is 9.25. The first-order valence-electron chi connectivity index (χ1n) is 7.81. The van der Waals surface area contributed by atoms with Crippen molar-refractivity contribution in [3.8, 4) is 0 Å². The molecule has 0 unspecified atom stereocenters. The zero-order chi connectivity index (χ0) is 15.3. The van der Waals surface area contributed by atoms with Gasteiger partial charge >= 0.3 is 0 Å².